The maximum atomic E-state index is 12.3. The first-order valence-electron chi connectivity index (χ1n) is 13.2. The van der Waals surface area contributed by atoms with E-state index >= 15 is 0 Å². The summed E-state index contributed by atoms with van der Waals surface area (Å²) in [5.41, 5.74) is 5.27. The second kappa shape index (κ2) is 11.3. The van der Waals surface area contributed by atoms with Crippen LogP contribution in [0.4, 0.5) is 5.69 Å². The molecule has 204 valence electrons. The Hall–Kier alpha value is -4.95. The SMILES string of the molecule is COC(=O)c1cccc(-n2cccc2[C@H]2[C@H](c3ccccn3)NC(=S)N2c2ccc(Oc3ccc(C)cc3)cc2)c1. The average Bonchev–Trinajstić information content (AvgIpc) is 3.63. The molecule has 0 bridgehead atoms. The highest BCUT2D eigenvalue weighted by Gasteiger charge is 2.42. The quantitative estimate of drug-likeness (QED) is 0.171. The van der Waals surface area contributed by atoms with Crippen molar-refractivity contribution in [3.8, 4) is 17.2 Å². The molecule has 0 aliphatic carbocycles. The fraction of sp³-hybridized carbons (Fsp3) is 0.121. The number of carbonyl (C=O) groups is 1. The van der Waals surface area contributed by atoms with Crippen molar-refractivity contribution in [3.63, 3.8) is 0 Å². The van der Waals surface area contributed by atoms with Crippen LogP contribution in [-0.2, 0) is 4.74 Å². The molecule has 0 spiro atoms. The van der Waals surface area contributed by atoms with E-state index in [1.807, 2.05) is 104 Å². The summed E-state index contributed by atoms with van der Waals surface area (Å²) in [5.74, 6) is 1.13. The molecule has 5 aromatic rings. The Morgan fingerprint density at radius 1 is 0.878 bits per heavy atom. The van der Waals surface area contributed by atoms with Gasteiger partial charge in [-0.15, -0.1) is 0 Å². The van der Waals surface area contributed by atoms with Gasteiger partial charge in [0.25, 0.3) is 0 Å². The van der Waals surface area contributed by atoms with Gasteiger partial charge in [-0.05, 0) is 98.0 Å². The van der Waals surface area contributed by atoms with E-state index in [9.17, 15) is 4.79 Å². The highest BCUT2D eigenvalue weighted by molar-refractivity contribution is 7.80. The van der Waals surface area contributed by atoms with Gasteiger partial charge in [0.15, 0.2) is 5.11 Å². The topological polar surface area (TPSA) is 68.6 Å². The standard InChI is InChI=1S/C33H28N4O3S/c1-22-11-15-26(16-12-22)40-27-17-13-24(14-18-27)37-31(30(35-33(37)41)28-9-3-4-19-34-28)29-10-6-20-36(29)25-8-5-7-23(21-25)32(38)39-2/h3-21,30-31H,1-2H3,(H,35,41)/t30-,31-/m0/s1. The van der Waals surface area contributed by atoms with Crippen molar-refractivity contribution in [1.29, 1.82) is 0 Å². The number of aromatic nitrogens is 2. The number of hydrogen-bond acceptors (Lipinski definition) is 5. The summed E-state index contributed by atoms with van der Waals surface area (Å²) in [6.45, 7) is 2.05. The number of nitrogens with one attached hydrogen (secondary N) is 1. The average molecular weight is 561 g/mol. The van der Waals surface area contributed by atoms with Crippen molar-refractivity contribution in [2.75, 3.05) is 12.0 Å². The lowest BCUT2D eigenvalue weighted by Gasteiger charge is -2.29. The first-order valence-corrected chi connectivity index (χ1v) is 13.6. The zero-order valence-corrected chi connectivity index (χ0v) is 23.4. The van der Waals surface area contributed by atoms with Crippen molar-refractivity contribution in [3.05, 3.63) is 138 Å². The van der Waals surface area contributed by atoms with Crippen molar-refractivity contribution in [2.45, 2.75) is 19.0 Å². The van der Waals surface area contributed by atoms with E-state index in [-0.39, 0.29) is 18.1 Å². The molecule has 6 rings (SSSR count). The molecule has 7 nitrogen and oxygen atoms in total. The van der Waals surface area contributed by atoms with Gasteiger partial charge in [-0.3, -0.25) is 4.98 Å². The molecule has 2 aromatic heterocycles. The predicted octanol–water partition coefficient (Wildman–Crippen LogP) is 6.94. The van der Waals surface area contributed by atoms with Crippen molar-refractivity contribution in [2.24, 2.45) is 0 Å². The van der Waals surface area contributed by atoms with E-state index in [2.05, 4.69) is 25.8 Å². The van der Waals surface area contributed by atoms with E-state index in [1.165, 1.54) is 12.7 Å². The van der Waals surface area contributed by atoms with Gasteiger partial charge in [0.1, 0.15) is 17.5 Å². The molecule has 3 aromatic carbocycles. The summed E-state index contributed by atoms with van der Waals surface area (Å²) < 4.78 is 13.1. The van der Waals surface area contributed by atoms with Crippen molar-refractivity contribution < 1.29 is 14.3 Å². The lowest BCUT2D eigenvalue weighted by molar-refractivity contribution is 0.0600. The number of esters is 1. The maximum absolute atomic E-state index is 12.3. The van der Waals surface area contributed by atoms with E-state index in [4.69, 9.17) is 21.7 Å². The number of anilines is 1. The molecule has 0 saturated carbocycles. The summed E-state index contributed by atoms with van der Waals surface area (Å²) in [7, 11) is 1.38. The van der Waals surface area contributed by atoms with Gasteiger partial charge in [0.05, 0.1) is 24.4 Å². The number of thiocarbonyl (C=S) groups is 1. The Morgan fingerprint density at radius 2 is 1.63 bits per heavy atom. The summed E-state index contributed by atoms with van der Waals surface area (Å²) >= 11 is 5.92. The lowest BCUT2D eigenvalue weighted by Crippen LogP contribution is -2.30. The van der Waals surface area contributed by atoms with Gasteiger partial charge in [-0.1, -0.05) is 29.8 Å². The Morgan fingerprint density at radius 3 is 2.34 bits per heavy atom. The van der Waals surface area contributed by atoms with Crippen LogP contribution in [0.1, 0.15) is 39.4 Å². The number of aryl methyl sites for hydroxylation is 1. The van der Waals surface area contributed by atoms with Gasteiger partial charge in [0.2, 0.25) is 0 Å². The molecule has 8 heteroatoms. The van der Waals surface area contributed by atoms with E-state index in [0.717, 1.165) is 34.3 Å². The van der Waals surface area contributed by atoms with E-state index in [1.54, 1.807) is 12.3 Å². The number of nitrogens with zero attached hydrogens (tertiary/aromatic N) is 3. The third kappa shape index (κ3) is 5.29. The van der Waals surface area contributed by atoms with Crippen molar-refractivity contribution in [1.82, 2.24) is 14.9 Å². The minimum Gasteiger partial charge on any atom is -0.465 e. The molecule has 3 heterocycles. The molecule has 1 saturated heterocycles. The number of hydrogen-bond donors (Lipinski definition) is 1. The summed E-state index contributed by atoms with van der Waals surface area (Å²) in [6.07, 6.45) is 3.77. The number of benzene rings is 3. The Kier molecular flexibility index (Phi) is 7.22. The van der Waals surface area contributed by atoms with E-state index < -0.39 is 0 Å². The maximum Gasteiger partial charge on any atom is 0.337 e. The van der Waals surface area contributed by atoms with Gasteiger partial charge in [-0.2, -0.15) is 0 Å². The second-order valence-corrected chi connectivity index (χ2v) is 10.1. The molecule has 0 radical (unpaired) electrons. The Bertz CT molecular complexity index is 1680. The van der Waals surface area contributed by atoms with Crippen molar-refractivity contribution >= 4 is 29.0 Å². The van der Waals surface area contributed by atoms with E-state index in [0.29, 0.717) is 10.7 Å². The molecule has 2 atom stereocenters. The summed E-state index contributed by atoms with van der Waals surface area (Å²) in [4.78, 5) is 19.0. The number of pyridine rings is 1. The molecule has 0 unspecified atom stereocenters. The van der Waals surface area contributed by atoms with Crippen LogP contribution in [0.5, 0.6) is 11.5 Å². The van der Waals surface area contributed by atoms with Crippen LogP contribution in [0.3, 0.4) is 0 Å². The zero-order chi connectivity index (χ0) is 28.3. The van der Waals surface area contributed by atoms with Crippen LogP contribution in [0, 0.1) is 6.92 Å². The largest absolute Gasteiger partial charge is 0.465 e. The first-order chi connectivity index (χ1) is 20.0. The minimum atomic E-state index is -0.384. The van der Waals surface area contributed by atoms with Crippen LogP contribution in [0.2, 0.25) is 0 Å². The third-order valence-corrected chi connectivity index (χ3v) is 7.41. The Labute approximate surface area is 244 Å². The molecule has 0 amide bonds. The molecular weight excluding hydrogens is 532 g/mol. The first kappa shape index (κ1) is 26.3. The fourth-order valence-electron chi connectivity index (χ4n) is 5.12. The van der Waals surface area contributed by atoms with Gasteiger partial charge < -0.3 is 24.3 Å². The zero-order valence-electron chi connectivity index (χ0n) is 22.6. The second-order valence-electron chi connectivity index (χ2n) is 9.75. The Balaban J connectivity index is 1.39. The number of carbonyl (C=O) groups excluding carboxylic acids is 1. The summed E-state index contributed by atoms with van der Waals surface area (Å²) in [6, 6.07) is 32.8. The lowest BCUT2D eigenvalue weighted by atomic mass is 10.0. The molecule has 1 N–H and O–H groups in total. The highest BCUT2D eigenvalue weighted by Crippen LogP contribution is 2.42. The van der Waals surface area contributed by atoms with Gasteiger partial charge >= 0.3 is 5.97 Å². The number of methoxy groups -OCH3 is 1. The van der Waals surface area contributed by atoms with Crippen LogP contribution in [0.15, 0.2) is 116 Å². The van der Waals surface area contributed by atoms with Crippen LogP contribution >= 0.6 is 12.2 Å². The third-order valence-electron chi connectivity index (χ3n) is 7.10. The normalized spacial score (nSPS) is 16.3. The minimum absolute atomic E-state index is 0.218. The number of rotatable bonds is 7. The molecule has 1 fully saturated rings. The monoisotopic (exact) mass is 560 g/mol. The predicted molar refractivity (Wildman–Crippen MR) is 163 cm³/mol. The molecule has 41 heavy (non-hydrogen) atoms. The van der Waals surface area contributed by atoms with Crippen LogP contribution in [0.25, 0.3) is 5.69 Å². The number of ether oxygens (including phenoxy) is 2. The fourth-order valence-corrected chi connectivity index (χ4v) is 5.47. The van der Waals surface area contributed by atoms with Gasteiger partial charge in [0, 0.05) is 29.5 Å². The molecular formula is C33H28N4O3S. The summed E-state index contributed by atoms with van der Waals surface area (Å²) in [5, 5.41) is 4.10. The highest BCUT2D eigenvalue weighted by atomic mass is 32.1. The smallest absolute Gasteiger partial charge is 0.337 e. The van der Waals surface area contributed by atoms with Gasteiger partial charge in [-0.25, -0.2) is 4.79 Å². The molecule has 1 aliphatic rings. The van der Waals surface area contributed by atoms with Crippen LogP contribution < -0.4 is 15.0 Å². The van der Waals surface area contributed by atoms with Crippen LogP contribution in [-0.4, -0.2) is 27.7 Å². The molecule has 1 aliphatic heterocycles.